The molecule has 0 radical (unpaired) electrons. The highest BCUT2D eigenvalue weighted by Crippen LogP contribution is 2.37. The van der Waals surface area contributed by atoms with E-state index in [0.29, 0.717) is 41.2 Å². The first kappa shape index (κ1) is 21.0. The molecule has 35 heavy (non-hydrogen) atoms. The normalized spacial score (nSPS) is 21.4. The number of imide groups is 1. The van der Waals surface area contributed by atoms with Gasteiger partial charge in [0.05, 0.1) is 19.0 Å². The Labute approximate surface area is 198 Å². The van der Waals surface area contributed by atoms with Gasteiger partial charge in [-0.05, 0) is 29.8 Å². The zero-order valence-corrected chi connectivity index (χ0v) is 18.6. The lowest BCUT2D eigenvalue weighted by Crippen LogP contribution is -2.52. The van der Waals surface area contributed by atoms with Gasteiger partial charge in [-0.3, -0.25) is 19.8 Å². The molecule has 1 atom stereocenters. The number of nitrogens with zero attached hydrogens (tertiary/aromatic N) is 3. The van der Waals surface area contributed by atoms with Crippen LogP contribution in [-0.2, 0) is 16.9 Å². The van der Waals surface area contributed by atoms with Crippen LogP contribution in [0.3, 0.4) is 0 Å². The van der Waals surface area contributed by atoms with E-state index in [4.69, 9.17) is 9.15 Å². The number of ether oxygens (including phenoxy) is 1. The fourth-order valence-electron chi connectivity index (χ4n) is 4.78. The molecule has 2 saturated heterocycles. The predicted molar refractivity (Wildman–Crippen MR) is 121 cm³/mol. The minimum atomic E-state index is -1.66. The lowest BCUT2D eigenvalue weighted by atomic mass is 9.95. The first-order valence-electron chi connectivity index (χ1n) is 10.9. The largest absolute Gasteiger partial charge is 0.497 e. The summed E-state index contributed by atoms with van der Waals surface area (Å²) in [7, 11) is 1.52. The zero-order chi connectivity index (χ0) is 24.3. The number of urea groups is 2. The van der Waals surface area contributed by atoms with Crippen molar-refractivity contribution in [3.05, 3.63) is 53.4 Å². The number of furan rings is 1. The van der Waals surface area contributed by atoms with Crippen molar-refractivity contribution in [2.75, 3.05) is 31.6 Å². The number of methoxy groups -OCH3 is 1. The SMILES string of the molecule is COc1ccc2c(c1)C(=O)N(C[C@@]1(c3cc4c(N5CCNC5=O)nccc4o3)NC(=O)NC1=O)C2. The smallest absolute Gasteiger partial charge is 0.323 e. The van der Waals surface area contributed by atoms with Gasteiger partial charge in [0.15, 0.2) is 5.54 Å². The molecule has 0 spiro atoms. The van der Waals surface area contributed by atoms with E-state index in [9.17, 15) is 19.2 Å². The molecule has 3 aliphatic rings. The molecular formula is C23H20N6O6. The number of carbonyl (C=O) groups is 4. The summed E-state index contributed by atoms with van der Waals surface area (Å²) in [5, 5.41) is 8.16. The van der Waals surface area contributed by atoms with Crippen LogP contribution in [0.1, 0.15) is 21.7 Å². The summed E-state index contributed by atoms with van der Waals surface area (Å²) in [6, 6.07) is 7.43. The third kappa shape index (κ3) is 3.10. The number of fused-ring (bicyclic) bond motifs is 2. The molecule has 12 heteroatoms. The maximum Gasteiger partial charge on any atom is 0.323 e. The molecule has 0 aliphatic carbocycles. The second kappa shape index (κ2) is 7.45. The molecule has 5 heterocycles. The predicted octanol–water partition coefficient (Wildman–Crippen LogP) is 1.06. The van der Waals surface area contributed by atoms with E-state index in [1.54, 1.807) is 30.3 Å². The Balaban J connectivity index is 1.41. The van der Waals surface area contributed by atoms with E-state index in [1.807, 2.05) is 0 Å². The van der Waals surface area contributed by atoms with Gasteiger partial charge in [-0.2, -0.15) is 0 Å². The van der Waals surface area contributed by atoms with Crippen molar-refractivity contribution in [3.8, 4) is 5.75 Å². The van der Waals surface area contributed by atoms with Crippen molar-refractivity contribution in [2.45, 2.75) is 12.1 Å². The molecule has 3 aliphatic heterocycles. The molecule has 3 aromatic rings. The Bertz CT molecular complexity index is 1430. The van der Waals surface area contributed by atoms with E-state index >= 15 is 0 Å². The monoisotopic (exact) mass is 476 g/mol. The highest BCUT2D eigenvalue weighted by atomic mass is 16.5. The highest BCUT2D eigenvalue weighted by Gasteiger charge is 2.53. The molecule has 0 unspecified atom stereocenters. The van der Waals surface area contributed by atoms with E-state index in [1.165, 1.54) is 23.1 Å². The molecule has 2 fully saturated rings. The Kier molecular flexibility index (Phi) is 4.46. The number of hydrogen-bond acceptors (Lipinski definition) is 7. The average molecular weight is 476 g/mol. The summed E-state index contributed by atoms with van der Waals surface area (Å²) in [5.41, 5.74) is -0.0198. The third-order valence-electron chi connectivity index (χ3n) is 6.52. The van der Waals surface area contributed by atoms with Crippen LogP contribution in [0.25, 0.3) is 11.0 Å². The standard InChI is InChI=1S/C23H20N6O6/c1-34-13-3-2-12-10-28(19(30)14(12)8-13)11-23(20(31)26-21(32)27-23)17-9-15-16(35-17)4-5-24-18(15)29-7-6-25-22(29)33/h2-5,8-9H,6-7,10-11H2,1H3,(H,25,33)(H2,26,27,31,32)/t23-/m0/s1. The summed E-state index contributed by atoms with van der Waals surface area (Å²) in [6.45, 7) is 1.00. The summed E-state index contributed by atoms with van der Waals surface area (Å²) in [5.74, 6) is 0.120. The van der Waals surface area contributed by atoms with E-state index in [-0.39, 0.29) is 30.8 Å². The Morgan fingerprint density at radius 3 is 2.74 bits per heavy atom. The van der Waals surface area contributed by atoms with Crippen LogP contribution in [0.15, 0.2) is 40.9 Å². The van der Waals surface area contributed by atoms with Crippen molar-refractivity contribution in [1.82, 2.24) is 25.8 Å². The van der Waals surface area contributed by atoms with Crippen molar-refractivity contribution in [2.24, 2.45) is 0 Å². The number of carbonyl (C=O) groups excluding carboxylic acids is 4. The van der Waals surface area contributed by atoms with Crippen molar-refractivity contribution in [3.63, 3.8) is 0 Å². The molecule has 0 saturated carbocycles. The number of aromatic nitrogens is 1. The zero-order valence-electron chi connectivity index (χ0n) is 18.6. The molecule has 0 bridgehead atoms. The first-order valence-corrected chi connectivity index (χ1v) is 10.9. The molecule has 1 aromatic carbocycles. The van der Waals surface area contributed by atoms with Gasteiger partial charge in [0.1, 0.15) is 22.9 Å². The summed E-state index contributed by atoms with van der Waals surface area (Å²) in [4.78, 5) is 58.1. The Morgan fingerprint density at radius 2 is 2.03 bits per heavy atom. The minimum Gasteiger partial charge on any atom is -0.497 e. The highest BCUT2D eigenvalue weighted by molar-refractivity contribution is 6.09. The van der Waals surface area contributed by atoms with Crippen LogP contribution in [0.2, 0.25) is 0 Å². The maximum atomic E-state index is 13.2. The van der Waals surface area contributed by atoms with Gasteiger partial charge < -0.3 is 24.7 Å². The number of benzene rings is 1. The second-order valence-corrected chi connectivity index (χ2v) is 8.54. The molecule has 6 rings (SSSR count). The van der Waals surface area contributed by atoms with Crippen molar-refractivity contribution < 1.29 is 28.3 Å². The fraction of sp³-hybridized carbons (Fsp3) is 0.261. The molecule has 178 valence electrons. The van der Waals surface area contributed by atoms with Gasteiger partial charge in [0, 0.05) is 31.4 Å². The summed E-state index contributed by atoms with van der Waals surface area (Å²) in [6.07, 6.45) is 1.50. The van der Waals surface area contributed by atoms with Gasteiger partial charge in [0.25, 0.3) is 11.8 Å². The number of hydrogen-bond donors (Lipinski definition) is 3. The van der Waals surface area contributed by atoms with Crippen LogP contribution in [0.5, 0.6) is 5.75 Å². The summed E-state index contributed by atoms with van der Waals surface area (Å²) < 4.78 is 11.3. The number of anilines is 1. The minimum absolute atomic E-state index is 0.131. The van der Waals surface area contributed by atoms with Gasteiger partial charge >= 0.3 is 12.1 Å². The lowest BCUT2D eigenvalue weighted by molar-refractivity contribution is -0.125. The number of pyridine rings is 1. The molecular weight excluding hydrogens is 456 g/mol. The molecule has 6 amide bonds. The quantitative estimate of drug-likeness (QED) is 0.467. The van der Waals surface area contributed by atoms with E-state index in [0.717, 1.165) is 5.56 Å². The van der Waals surface area contributed by atoms with Gasteiger partial charge in [0.2, 0.25) is 0 Å². The average Bonchev–Trinajstić information content (AvgIpc) is 3.60. The van der Waals surface area contributed by atoms with Gasteiger partial charge in [-0.25, -0.2) is 14.6 Å². The van der Waals surface area contributed by atoms with Gasteiger partial charge in [-0.15, -0.1) is 0 Å². The van der Waals surface area contributed by atoms with Gasteiger partial charge in [-0.1, -0.05) is 6.07 Å². The number of nitrogens with one attached hydrogen (secondary N) is 3. The van der Waals surface area contributed by atoms with Crippen LogP contribution in [0.4, 0.5) is 15.4 Å². The second-order valence-electron chi connectivity index (χ2n) is 8.54. The Morgan fingerprint density at radius 1 is 1.17 bits per heavy atom. The van der Waals surface area contributed by atoms with Crippen LogP contribution in [0, 0.1) is 0 Å². The van der Waals surface area contributed by atoms with Crippen molar-refractivity contribution >= 4 is 40.7 Å². The van der Waals surface area contributed by atoms with Crippen LogP contribution < -0.4 is 25.6 Å². The third-order valence-corrected chi connectivity index (χ3v) is 6.52. The lowest BCUT2D eigenvalue weighted by Gasteiger charge is -2.29. The van der Waals surface area contributed by atoms with E-state index in [2.05, 4.69) is 20.9 Å². The van der Waals surface area contributed by atoms with Crippen LogP contribution >= 0.6 is 0 Å². The maximum absolute atomic E-state index is 13.2. The van der Waals surface area contributed by atoms with E-state index < -0.39 is 17.5 Å². The van der Waals surface area contributed by atoms with Crippen LogP contribution in [-0.4, -0.2) is 60.5 Å². The number of amides is 6. The molecule has 2 aromatic heterocycles. The summed E-state index contributed by atoms with van der Waals surface area (Å²) >= 11 is 0. The molecule has 3 N–H and O–H groups in total. The molecule has 12 nitrogen and oxygen atoms in total. The fourth-order valence-corrected chi connectivity index (χ4v) is 4.78. The topological polar surface area (TPSA) is 146 Å². The Hall–Kier alpha value is -4.61. The first-order chi connectivity index (χ1) is 16.9. The van der Waals surface area contributed by atoms with Crippen molar-refractivity contribution in [1.29, 1.82) is 0 Å². The number of rotatable bonds is 5.